The molecule has 0 aromatic heterocycles. The summed E-state index contributed by atoms with van der Waals surface area (Å²) in [7, 11) is 2.07. The Kier molecular flexibility index (Phi) is 6.51. The Morgan fingerprint density at radius 2 is 1.96 bits per heavy atom. The molecular formula is C23H31N3O. The van der Waals surface area contributed by atoms with Gasteiger partial charge >= 0.3 is 0 Å². The quantitative estimate of drug-likeness (QED) is 0.837. The second-order valence-corrected chi connectivity index (χ2v) is 7.50. The first-order valence-corrected chi connectivity index (χ1v) is 9.97. The van der Waals surface area contributed by atoms with Crippen molar-refractivity contribution in [2.24, 2.45) is 0 Å². The Morgan fingerprint density at radius 1 is 1.19 bits per heavy atom. The van der Waals surface area contributed by atoms with Crippen molar-refractivity contribution < 1.29 is 4.79 Å². The monoisotopic (exact) mass is 365 g/mol. The molecule has 4 nitrogen and oxygen atoms in total. The van der Waals surface area contributed by atoms with Gasteiger partial charge in [-0.15, -0.1) is 0 Å². The largest absolute Gasteiger partial charge is 0.370 e. The van der Waals surface area contributed by atoms with Crippen molar-refractivity contribution in [1.82, 2.24) is 4.90 Å². The standard InChI is InChI=1S/C23H31N3O/c1-4-19-11-8-10-18(2)23(19)24-22(27)17-25(3)21-14-9-15-26(16-21)20-12-6-5-7-13-20/h5-8,10-13,21H,4,9,14-17H2,1-3H3,(H,24,27). The molecule has 3 rings (SSSR count). The van der Waals surface area contributed by atoms with Gasteiger partial charge in [-0.3, -0.25) is 9.69 Å². The van der Waals surface area contributed by atoms with E-state index >= 15 is 0 Å². The molecule has 1 N–H and O–H groups in total. The Bertz CT molecular complexity index is 759. The average Bonchev–Trinajstić information content (AvgIpc) is 2.70. The van der Waals surface area contributed by atoms with Gasteiger partial charge in [-0.05, 0) is 56.5 Å². The van der Waals surface area contributed by atoms with Crippen LogP contribution in [0.4, 0.5) is 11.4 Å². The van der Waals surface area contributed by atoms with Crippen LogP contribution < -0.4 is 10.2 Å². The van der Waals surface area contributed by atoms with Crippen LogP contribution in [0.25, 0.3) is 0 Å². The number of likely N-dealkylation sites (N-methyl/N-ethyl adjacent to an activating group) is 1. The second-order valence-electron chi connectivity index (χ2n) is 7.50. The number of amides is 1. The first-order valence-electron chi connectivity index (χ1n) is 9.97. The SMILES string of the molecule is CCc1cccc(C)c1NC(=O)CN(C)C1CCCN(c2ccccc2)C1. The third-order valence-electron chi connectivity index (χ3n) is 5.54. The maximum atomic E-state index is 12.7. The fourth-order valence-corrected chi connectivity index (χ4v) is 3.92. The van der Waals surface area contributed by atoms with Gasteiger partial charge in [0.25, 0.3) is 0 Å². The molecule has 0 spiro atoms. The maximum absolute atomic E-state index is 12.7. The van der Waals surface area contributed by atoms with Crippen LogP contribution in [0.2, 0.25) is 0 Å². The topological polar surface area (TPSA) is 35.6 Å². The van der Waals surface area contributed by atoms with Crippen LogP contribution in [0, 0.1) is 6.92 Å². The van der Waals surface area contributed by atoms with Crippen molar-refractivity contribution in [2.75, 3.05) is 36.9 Å². The van der Waals surface area contributed by atoms with Gasteiger partial charge < -0.3 is 10.2 Å². The highest BCUT2D eigenvalue weighted by atomic mass is 16.2. The number of hydrogen-bond acceptors (Lipinski definition) is 3. The van der Waals surface area contributed by atoms with Crippen LogP contribution in [0.1, 0.15) is 30.9 Å². The third-order valence-corrected chi connectivity index (χ3v) is 5.54. The molecule has 1 unspecified atom stereocenters. The summed E-state index contributed by atoms with van der Waals surface area (Å²) in [4.78, 5) is 17.3. The lowest BCUT2D eigenvalue weighted by atomic mass is 10.0. The van der Waals surface area contributed by atoms with E-state index in [-0.39, 0.29) is 5.91 Å². The fourth-order valence-electron chi connectivity index (χ4n) is 3.92. The molecule has 1 aliphatic heterocycles. The van der Waals surface area contributed by atoms with Gasteiger partial charge in [-0.2, -0.15) is 0 Å². The first-order chi connectivity index (χ1) is 13.1. The first kappa shape index (κ1) is 19.4. The molecular weight excluding hydrogens is 334 g/mol. The van der Waals surface area contributed by atoms with Gasteiger partial charge in [0, 0.05) is 30.5 Å². The zero-order valence-corrected chi connectivity index (χ0v) is 16.7. The van der Waals surface area contributed by atoms with Crippen molar-refractivity contribution in [1.29, 1.82) is 0 Å². The Hall–Kier alpha value is -2.33. The normalized spacial score (nSPS) is 17.2. The lowest BCUT2D eigenvalue weighted by Gasteiger charge is -2.38. The Balaban J connectivity index is 1.60. The van der Waals surface area contributed by atoms with E-state index in [1.54, 1.807) is 0 Å². The maximum Gasteiger partial charge on any atom is 0.238 e. The van der Waals surface area contributed by atoms with Crippen molar-refractivity contribution in [3.05, 3.63) is 59.7 Å². The van der Waals surface area contributed by atoms with Gasteiger partial charge in [0.05, 0.1) is 6.54 Å². The number of rotatable bonds is 6. The van der Waals surface area contributed by atoms with Gasteiger partial charge in [0.2, 0.25) is 5.91 Å². The van der Waals surface area contributed by atoms with Crippen molar-refractivity contribution in [2.45, 2.75) is 39.2 Å². The van der Waals surface area contributed by atoms with Crippen LogP contribution in [-0.2, 0) is 11.2 Å². The van der Waals surface area contributed by atoms with Gasteiger partial charge in [-0.25, -0.2) is 0 Å². The number of piperidine rings is 1. The summed E-state index contributed by atoms with van der Waals surface area (Å²) < 4.78 is 0. The molecule has 0 radical (unpaired) electrons. The molecule has 0 saturated carbocycles. The molecule has 0 aliphatic carbocycles. The highest BCUT2D eigenvalue weighted by molar-refractivity contribution is 5.93. The van der Waals surface area contributed by atoms with E-state index in [4.69, 9.17) is 0 Å². The summed E-state index contributed by atoms with van der Waals surface area (Å²) in [6.45, 7) is 6.65. The van der Waals surface area contributed by atoms with E-state index in [1.807, 2.05) is 0 Å². The van der Waals surface area contributed by atoms with Crippen LogP contribution in [0.15, 0.2) is 48.5 Å². The summed E-state index contributed by atoms with van der Waals surface area (Å²) in [6.07, 6.45) is 3.21. The van der Waals surface area contributed by atoms with E-state index in [0.717, 1.165) is 43.6 Å². The Morgan fingerprint density at radius 3 is 2.70 bits per heavy atom. The molecule has 1 heterocycles. The average molecular weight is 366 g/mol. The smallest absolute Gasteiger partial charge is 0.238 e. The summed E-state index contributed by atoms with van der Waals surface area (Å²) in [6, 6.07) is 17.1. The summed E-state index contributed by atoms with van der Waals surface area (Å²) in [5.74, 6) is 0.0679. The highest BCUT2D eigenvalue weighted by Gasteiger charge is 2.24. The zero-order valence-electron chi connectivity index (χ0n) is 16.7. The molecule has 0 bridgehead atoms. The van der Waals surface area contributed by atoms with E-state index in [1.165, 1.54) is 11.3 Å². The Labute approximate surface area is 163 Å². The molecule has 1 saturated heterocycles. The van der Waals surface area contributed by atoms with Crippen LogP contribution in [0.5, 0.6) is 0 Å². The molecule has 1 aliphatic rings. The van der Waals surface area contributed by atoms with E-state index in [2.05, 4.69) is 84.5 Å². The zero-order chi connectivity index (χ0) is 19.2. The van der Waals surface area contributed by atoms with E-state index in [0.29, 0.717) is 12.6 Å². The number of hydrogen-bond donors (Lipinski definition) is 1. The van der Waals surface area contributed by atoms with Gasteiger partial charge in [-0.1, -0.05) is 43.3 Å². The number of para-hydroxylation sites is 2. The second kappa shape index (κ2) is 9.05. The number of carbonyl (C=O) groups is 1. The van der Waals surface area contributed by atoms with E-state index < -0.39 is 0 Å². The third kappa shape index (κ3) is 4.89. The number of anilines is 2. The van der Waals surface area contributed by atoms with Crippen molar-refractivity contribution >= 4 is 17.3 Å². The molecule has 2 aromatic carbocycles. The number of nitrogens with one attached hydrogen (secondary N) is 1. The summed E-state index contributed by atoms with van der Waals surface area (Å²) in [5, 5.41) is 3.15. The number of nitrogens with zero attached hydrogens (tertiary/aromatic N) is 2. The molecule has 1 amide bonds. The van der Waals surface area contributed by atoms with Gasteiger partial charge in [0.15, 0.2) is 0 Å². The highest BCUT2D eigenvalue weighted by Crippen LogP contribution is 2.23. The fraction of sp³-hybridized carbons (Fsp3) is 0.435. The number of benzene rings is 2. The predicted octanol–water partition coefficient (Wildman–Crippen LogP) is 4.10. The van der Waals surface area contributed by atoms with Gasteiger partial charge in [0.1, 0.15) is 0 Å². The van der Waals surface area contributed by atoms with Crippen LogP contribution in [-0.4, -0.2) is 43.5 Å². The molecule has 4 heteroatoms. The van der Waals surface area contributed by atoms with Crippen LogP contribution in [0.3, 0.4) is 0 Å². The lowest BCUT2D eigenvalue weighted by molar-refractivity contribution is -0.117. The predicted molar refractivity (Wildman–Crippen MR) is 113 cm³/mol. The summed E-state index contributed by atoms with van der Waals surface area (Å²) >= 11 is 0. The molecule has 1 atom stereocenters. The minimum absolute atomic E-state index is 0.0679. The number of aryl methyl sites for hydroxylation is 2. The minimum atomic E-state index is 0.0679. The van der Waals surface area contributed by atoms with Crippen LogP contribution >= 0.6 is 0 Å². The van der Waals surface area contributed by atoms with Crippen molar-refractivity contribution in [3.63, 3.8) is 0 Å². The molecule has 144 valence electrons. The summed E-state index contributed by atoms with van der Waals surface area (Å²) in [5.41, 5.74) is 4.57. The van der Waals surface area contributed by atoms with Crippen molar-refractivity contribution in [3.8, 4) is 0 Å². The molecule has 27 heavy (non-hydrogen) atoms. The number of carbonyl (C=O) groups excluding carboxylic acids is 1. The molecule has 2 aromatic rings. The molecule has 1 fully saturated rings. The lowest BCUT2D eigenvalue weighted by Crippen LogP contribution is -2.48. The van der Waals surface area contributed by atoms with E-state index in [9.17, 15) is 4.79 Å². The minimum Gasteiger partial charge on any atom is -0.370 e.